The summed E-state index contributed by atoms with van der Waals surface area (Å²) in [5.41, 5.74) is 1.15. The number of aliphatic hydroxyl groups is 1. The van der Waals surface area contributed by atoms with Crippen LogP contribution >= 0.6 is 0 Å². The van der Waals surface area contributed by atoms with Crippen molar-refractivity contribution in [2.45, 2.75) is 6.92 Å². The van der Waals surface area contributed by atoms with Crippen LogP contribution in [-0.4, -0.2) is 49.1 Å². The molecule has 1 heterocycles. The van der Waals surface area contributed by atoms with E-state index in [4.69, 9.17) is 14.9 Å². The zero-order valence-electron chi connectivity index (χ0n) is 10.5. The monoisotopic (exact) mass is 253 g/mol. The lowest BCUT2D eigenvalue weighted by Gasteiger charge is -2.29. The molecule has 1 aromatic carbocycles. The third-order valence-corrected chi connectivity index (χ3v) is 2.49. The van der Waals surface area contributed by atoms with E-state index in [1.807, 2.05) is 17.0 Å². The van der Waals surface area contributed by atoms with Gasteiger partial charge < -0.3 is 19.8 Å². The van der Waals surface area contributed by atoms with E-state index in [0.29, 0.717) is 18.8 Å². The van der Waals surface area contributed by atoms with E-state index in [1.54, 1.807) is 19.1 Å². The van der Waals surface area contributed by atoms with Gasteiger partial charge in [-0.3, -0.25) is 0 Å². The van der Waals surface area contributed by atoms with Crippen LogP contribution in [0.25, 0.3) is 0 Å². The van der Waals surface area contributed by atoms with Crippen molar-refractivity contribution in [2.75, 3.05) is 37.8 Å². The van der Waals surface area contributed by atoms with Crippen molar-refractivity contribution in [3.8, 4) is 0 Å². The first-order chi connectivity index (χ1) is 8.70. The highest BCUT2D eigenvalue weighted by Gasteiger charge is 2.17. The molecule has 0 unspecified atom stereocenters. The number of hydrogen-bond acceptors (Lipinski definition) is 4. The smallest absolute Gasteiger partial charge is 0.337 e. The first kappa shape index (κ1) is 14.5. The fourth-order valence-electron chi connectivity index (χ4n) is 1.73. The van der Waals surface area contributed by atoms with Gasteiger partial charge in [-0.15, -0.1) is 0 Å². The summed E-state index contributed by atoms with van der Waals surface area (Å²) in [4.78, 5) is 13.1. The van der Waals surface area contributed by atoms with Crippen molar-refractivity contribution in [3.05, 3.63) is 29.8 Å². The summed E-state index contributed by atoms with van der Waals surface area (Å²) in [6.45, 7) is 4.76. The highest BCUT2D eigenvalue weighted by atomic mass is 16.5. The van der Waals surface area contributed by atoms with Crippen LogP contribution in [0.1, 0.15) is 17.3 Å². The molecule has 0 aromatic heterocycles. The second-order valence-electron chi connectivity index (χ2n) is 3.74. The average Bonchev–Trinajstić information content (AvgIpc) is 2.40. The van der Waals surface area contributed by atoms with Crippen LogP contribution in [0.3, 0.4) is 0 Å². The van der Waals surface area contributed by atoms with Crippen molar-refractivity contribution in [2.24, 2.45) is 0 Å². The van der Waals surface area contributed by atoms with Gasteiger partial charge in [0.2, 0.25) is 0 Å². The number of benzene rings is 1. The first-order valence-electron chi connectivity index (χ1n) is 5.96. The Morgan fingerprint density at radius 3 is 2.44 bits per heavy atom. The number of hydrogen-bond donors (Lipinski definition) is 2. The number of carboxylic acid groups (broad SMARTS) is 1. The number of aliphatic hydroxyl groups excluding tert-OH is 1. The maximum absolute atomic E-state index is 11.0. The van der Waals surface area contributed by atoms with Gasteiger partial charge in [0, 0.05) is 19.7 Å². The fourth-order valence-corrected chi connectivity index (χ4v) is 1.73. The highest BCUT2D eigenvalue weighted by Crippen LogP contribution is 2.21. The highest BCUT2D eigenvalue weighted by molar-refractivity contribution is 5.94. The molecule has 2 N–H and O–H groups in total. The Labute approximate surface area is 107 Å². The molecule has 1 fully saturated rings. The number of carbonyl (C=O) groups is 1. The van der Waals surface area contributed by atoms with Crippen molar-refractivity contribution in [1.82, 2.24) is 0 Å². The molecule has 0 bridgehead atoms. The molecule has 18 heavy (non-hydrogen) atoms. The van der Waals surface area contributed by atoms with E-state index in [2.05, 4.69) is 0 Å². The number of anilines is 1. The van der Waals surface area contributed by atoms with Crippen molar-refractivity contribution in [1.29, 1.82) is 0 Å². The molecular formula is C13H19NO4. The summed E-state index contributed by atoms with van der Waals surface area (Å²) in [5, 5.41) is 16.6. The molecule has 5 nitrogen and oxygen atoms in total. The Morgan fingerprint density at radius 2 is 1.89 bits per heavy atom. The number of aromatic carboxylic acids is 1. The van der Waals surface area contributed by atoms with Gasteiger partial charge in [0.15, 0.2) is 0 Å². The van der Waals surface area contributed by atoms with Gasteiger partial charge in [-0.05, 0) is 19.1 Å². The molecular weight excluding hydrogens is 234 g/mol. The number of rotatable bonds is 2. The molecule has 1 aliphatic rings. The Hall–Kier alpha value is -1.59. The van der Waals surface area contributed by atoms with Gasteiger partial charge in [-0.2, -0.15) is 0 Å². The van der Waals surface area contributed by atoms with Crippen LogP contribution < -0.4 is 4.90 Å². The quantitative estimate of drug-likeness (QED) is 0.829. The molecule has 2 rings (SSSR count). The Kier molecular flexibility index (Phi) is 6.18. The molecule has 1 aromatic rings. The van der Waals surface area contributed by atoms with Crippen LogP contribution in [0.4, 0.5) is 5.69 Å². The van der Waals surface area contributed by atoms with Crippen LogP contribution in [0.2, 0.25) is 0 Å². The van der Waals surface area contributed by atoms with Crippen LogP contribution in [0.15, 0.2) is 24.3 Å². The summed E-state index contributed by atoms with van der Waals surface area (Å²) in [5.74, 6) is -0.878. The van der Waals surface area contributed by atoms with Crippen molar-refractivity contribution >= 4 is 11.7 Å². The standard InChI is InChI=1S/C11H13NO3.C2H6O/c13-11(14)9-3-1-2-4-10(9)12-5-7-15-8-6-12;1-2-3/h1-4H,5-8H2,(H,13,14);3H,2H2,1H3. The first-order valence-corrected chi connectivity index (χ1v) is 5.96. The van der Waals surface area contributed by atoms with E-state index in [9.17, 15) is 4.79 Å². The summed E-state index contributed by atoms with van der Waals surface area (Å²) in [6.07, 6.45) is 0. The molecule has 1 saturated heterocycles. The van der Waals surface area contributed by atoms with E-state index < -0.39 is 5.97 Å². The van der Waals surface area contributed by atoms with Gasteiger partial charge in [0.25, 0.3) is 0 Å². The summed E-state index contributed by atoms with van der Waals surface area (Å²) < 4.78 is 5.23. The lowest BCUT2D eigenvalue weighted by molar-refractivity contribution is 0.0696. The number of carboxylic acids is 1. The lowest BCUT2D eigenvalue weighted by Crippen LogP contribution is -2.37. The second-order valence-corrected chi connectivity index (χ2v) is 3.74. The zero-order chi connectivity index (χ0) is 13.4. The molecule has 0 saturated carbocycles. The van der Waals surface area contributed by atoms with Crippen LogP contribution in [0, 0.1) is 0 Å². The van der Waals surface area contributed by atoms with E-state index in [-0.39, 0.29) is 6.61 Å². The molecule has 0 aliphatic carbocycles. The Morgan fingerprint density at radius 1 is 1.33 bits per heavy atom. The fraction of sp³-hybridized carbons (Fsp3) is 0.462. The van der Waals surface area contributed by atoms with Crippen LogP contribution in [0.5, 0.6) is 0 Å². The van der Waals surface area contributed by atoms with Gasteiger partial charge >= 0.3 is 5.97 Å². The third-order valence-electron chi connectivity index (χ3n) is 2.49. The van der Waals surface area contributed by atoms with Gasteiger partial charge in [-0.25, -0.2) is 4.79 Å². The maximum Gasteiger partial charge on any atom is 0.337 e. The molecule has 1 aliphatic heterocycles. The summed E-state index contributed by atoms with van der Waals surface area (Å²) >= 11 is 0. The SMILES string of the molecule is CCO.O=C(O)c1ccccc1N1CCOCC1. The molecule has 5 heteroatoms. The van der Waals surface area contributed by atoms with E-state index in [0.717, 1.165) is 18.8 Å². The number of para-hydroxylation sites is 1. The lowest BCUT2D eigenvalue weighted by atomic mass is 10.1. The predicted octanol–water partition coefficient (Wildman–Crippen LogP) is 1.22. The van der Waals surface area contributed by atoms with Crippen LogP contribution in [-0.2, 0) is 4.74 Å². The van der Waals surface area contributed by atoms with Gasteiger partial charge in [0.05, 0.1) is 24.5 Å². The minimum atomic E-state index is -0.878. The van der Waals surface area contributed by atoms with Gasteiger partial charge in [-0.1, -0.05) is 12.1 Å². The number of ether oxygens (including phenoxy) is 1. The average molecular weight is 253 g/mol. The molecule has 0 amide bonds. The molecule has 0 radical (unpaired) electrons. The number of nitrogens with zero attached hydrogens (tertiary/aromatic N) is 1. The third kappa shape index (κ3) is 4.01. The van der Waals surface area contributed by atoms with Gasteiger partial charge in [0.1, 0.15) is 0 Å². The minimum Gasteiger partial charge on any atom is -0.478 e. The summed E-state index contributed by atoms with van der Waals surface area (Å²) in [7, 11) is 0. The molecule has 100 valence electrons. The van der Waals surface area contributed by atoms with E-state index in [1.165, 1.54) is 0 Å². The topological polar surface area (TPSA) is 70.0 Å². The molecule has 0 atom stereocenters. The van der Waals surface area contributed by atoms with Crippen molar-refractivity contribution < 1.29 is 19.7 Å². The summed E-state index contributed by atoms with van der Waals surface area (Å²) in [6, 6.07) is 7.08. The zero-order valence-corrected chi connectivity index (χ0v) is 10.5. The van der Waals surface area contributed by atoms with Crippen molar-refractivity contribution in [3.63, 3.8) is 0 Å². The molecule has 0 spiro atoms. The Bertz CT molecular complexity index is 375. The predicted molar refractivity (Wildman–Crippen MR) is 69.2 cm³/mol. The number of morpholine rings is 1. The minimum absolute atomic E-state index is 0.250. The maximum atomic E-state index is 11.0. The normalized spacial score (nSPS) is 14.7. The Balaban J connectivity index is 0.000000492. The second kappa shape index (κ2) is 7.68. The van der Waals surface area contributed by atoms with E-state index >= 15 is 0 Å². The largest absolute Gasteiger partial charge is 0.478 e.